The highest BCUT2D eigenvalue weighted by Crippen LogP contribution is 2.22. The van der Waals surface area contributed by atoms with Gasteiger partial charge in [0.2, 0.25) is 11.6 Å². The van der Waals surface area contributed by atoms with E-state index in [-0.39, 0.29) is 18.6 Å². The molecule has 2 rings (SSSR count). The molecule has 0 aliphatic heterocycles. The smallest absolute Gasteiger partial charge is 0.233 e. The number of hydrogen-bond donors (Lipinski definition) is 1. The molecule has 0 fully saturated rings. The van der Waals surface area contributed by atoms with Crippen LogP contribution in [-0.2, 0) is 6.42 Å². The van der Waals surface area contributed by atoms with E-state index in [0.29, 0.717) is 11.1 Å². The van der Waals surface area contributed by atoms with Crippen LogP contribution in [0.3, 0.4) is 0 Å². The highest BCUT2D eigenvalue weighted by Gasteiger charge is 2.21. The third-order valence-corrected chi connectivity index (χ3v) is 6.19. The second kappa shape index (κ2) is 16.6. The van der Waals surface area contributed by atoms with Crippen LogP contribution in [0.15, 0.2) is 42.5 Å². The second-order valence-corrected chi connectivity index (χ2v) is 8.48. The Balaban J connectivity index is 0.00000480. The van der Waals surface area contributed by atoms with Gasteiger partial charge in [-0.15, -0.1) is 12.4 Å². The van der Waals surface area contributed by atoms with Crippen LogP contribution in [0.25, 0.3) is 0 Å². The van der Waals surface area contributed by atoms with Crippen LogP contribution in [-0.4, -0.2) is 11.6 Å². The van der Waals surface area contributed by atoms with Crippen LogP contribution >= 0.6 is 12.4 Å². The predicted octanol–water partition coefficient (Wildman–Crippen LogP) is 8.42. The predicted molar refractivity (Wildman–Crippen MR) is 139 cm³/mol. The van der Waals surface area contributed by atoms with Gasteiger partial charge < -0.3 is 6.15 Å². The molecule has 4 heteroatoms. The Morgan fingerprint density at radius 2 is 1.19 bits per heavy atom. The largest absolute Gasteiger partial charge is 0.344 e. The van der Waals surface area contributed by atoms with E-state index in [2.05, 4.69) is 13.8 Å². The van der Waals surface area contributed by atoms with Crippen molar-refractivity contribution < 1.29 is 9.59 Å². The molecule has 0 bridgehead atoms. The number of carbonyl (C=O) groups excluding carboxylic acids is 2. The third kappa shape index (κ3) is 9.26. The van der Waals surface area contributed by atoms with Crippen molar-refractivity contribution in [2.45, 2.75) is 91.4 Å². The summed E-state index contributed by atoms with van der Waals surface area (Å²) in [6, 6.07) is 12.7. The molecule has 0 saturated carbocycles. The lowest BCUT2D eigenvalue weighted by atomic mass is 9.91. The molecular formula is C28H42ClNO2. The summed E-state index contributed by atoms with van der Waals surface area (Å²) in [6.07, 6.45) is 14.4. The number of hydrogen-bond acceptors (Lipinski definition) is 3. The molecule has 0 heterocycles. The van der Waals surface area contributed by atoms with Crippen LogP contribution in [0, 0.1) is 13.8 Å². The molecule has 0 spiro atoms. The van der Waals surface area contributed by atoms with E-state index in [1.165, 1.54) is 69.8 Å². The van der Waals surface area contributed by atoms with Gasteiger partial charge in [0.1, 0.15) is 0 Å². The average molecular weight is 460 g/mol. The van der Waals surface area contributed by atoms with Crippen molar-refractivity contribution >= 4 is 24.0 Å². The number of unbranched alkanes of at least 4 members (excludes halogenated alkanes) is 9. The van der Waals surface area contributed by atoms with Crippen molar-refractivity contribution in [2.75, 3.05) is 0 Å². The summed E-state index contributed by atoms with van der Waals surface area (Å²) in [5, 5.41) is 0. The zero-order chi connectivity index (χ0) is 21.8. The summed E-state index contributed by atoms with van der Waals surface area (Å²) in [5.74, 6) is -0.840. The van der Waals surface area contributed by atoms with E-state index in [1.807, 2.05) is 25.1 Å². The first-order valence-electron chi connectivity index (χ1n) is 11.8. The van der Waals surface area contributed by atoms with Crippen LogP contribution < -0.4 is 6.15 Å². The molecule has 2 aromatic rings. The second-order valence-electron chi connectivity index (χ2n) is 8.48. The van der Waals surface area contributed by atoms with Crippen molar-refractivity contribution in [2.24, 2.45) is 0 Å². The lowest BCUT2D eigenvalue weighted by Crippen LogP contribution is -2.16. The van der Waals surface area contributed by atoms with E-state index in [1.54, 1.807) is 24.3 Å². The van der Waals surface area contributed by atoms with Crippen molar-refractivity contribution in [1.29, 1.82) is 0 Å². The van der Waals surface area contributed by atoms with Gasteiger partial charge in [-0.2, -0.15) is 0 Å². The van der Waals surface area contributed by atoms with Gasteiger partial charge in [-0.25, -0.2) is 0 Å². The lowest BCUT2D eigenvalue weighted by molar-refractivity contribution is 0.0816. The van der Waals surface area contributed by atoms with E-state index < -0.39 is 11.6 Å². The van der Waals surface area contributed by atoms with Crippen molar-refractivity contribution in [1.82, 2.24) is 6.15 Å². The van der Waals surface area contributed by atoms with Crippen LogP contribution in [0.1, 0.15) is 109 Å². The molecule has 0 amide bonds. The first-order valence-corrected chi connectivity index (χ1v) is 11.8. The molecule has 178 valence electrons. The molecule has 0 aliphatic carbocycles. The minimum absolute atomic E-state index is 0. The SMILES string of the molecule is CCCCCCCCCCCCc1ccc(C(=O)C(=O)c2ccccc2)c(C)c1C.Cl.N. The highest BCUT2D eigenvalue weighted by molar-refractivity contribution is 6.49. The Labute approximate surface area is 201 Å². The Kier molecular flexibility index (Phi) is 15.6. The number of ketones is 2. The van der Waals surface area contributed by atoms with Gasteiger partial charge in [-0.1, -0.05) is 107 Å². The van der Waals surface area contributed by atoms with Gasteiger partial charge in [-0.3, -0.25) is 9.59 Å². The molecular weight excluding hydrogens is 418 g/mol. The van der Waals surface area contributed by atoms with E-state index in [9.17, 15) is 9.59 Å². The number of carbonyl (C=O) groups is 2. The Bertz CT molecular complexity index is 818. The summed E-state index contributed by atoms with van der Waals surface area (Å²) in [6.45, 7) is 6.30. The molecule has 0 atom stereocenters. The Morgan fingerprint density at radius 3 is 1.75 bits per heavy atom. The van der Waals surface area contributed by atoms with Crippen molar-refractivity contribution in [3.05, 3.63) is 70.3 Å². The van der Waals surface area contributed by atoms with Crippen molar-refractivity contribution in [3.8, 4) is 0 Å². The average Bonchev–Trinajstić information content (AvgIpc) is 2.77. The fraction of sp³-hybridized carbons (Fsp3) is 0.500. The first kappa shape index (κ1) is 30.0. The molecule has 3 nitrogen and oxygen atoms in total. The molecule has 0 aliphatic rings. The molecule has 32 heavy (non-hydrogen) atoms. The van der Waals surface area contributed by atoms with Gasteiger partial charge in [0, 0.05) is 11.1 Å². The number of aryl methyl sites for hydroxylation is 1. The molecule has 3 N–H and O–H groups in total. The molecule has 0 unspecified atom stereocenters. The summed E-state index contributed by atoms with van der Waals surface area (Å²) >= 11 is 0. The Morgan fingerprint density at radius 1 is 0.656 bits per heavy atom. The van der Waals surface area contributed by atoms with Crippen molar-refractivity contribution in [3.63, 3.8) is 0 Å². The summed E-state index contributed by atoms with van der Waals surface area (Å²) < 4.78 is 0. The Hall–Kier alpha value is -1.97. The van der Waals surface area contributed by atoms with Gasteiger partial charge >= 0.3 is 0 Å². The maximum Gasteiger partial charge on any atom is 0.233 e. The van der Waals surface area contributed by atoms with Gasteiger partial charge in [0.15, 0.2) is 0 Å². The molecule has 0 aromatic heterocycles. The van der Waals surface area contributed by atoms with Gasteiger partial charge in [-0.05, 0) is 43.4 Å². The maximum atomic E-state index is 12.7. The van der Waals surface area contributed by atoms with Crippen LogP contribution in [0.5, 0.6) is 0 Å². The number of benzene rings is 2. The standard InChI is InChI=1S/C28H38O2.ClH.H3N/c1-4-5-6-7-8-9-10-11-12-14-17-24-20-21-26(23(3)22(24)2)28(30)27(29)25-18-15-13-16-19-25;;/h13,15-16,18-21H,4-12,14,17H2,1-3H3;1H;1H3. The monoisotopic (exact) mass is 459 g/mol. The van der Waals surface area contributed by atoms with E-state index >= 15 is 0 Å². The number of Topliss-reactive ketones (excluding diaryl/α,β-unsaturated/α-hetero) is 2. The lowest BCUT2D eigenvalue weighted by Gasteiger charge is -2.13. The minimum atomic E-state index is -0.430. The molecule has 0 saturated heterocycles. The highest BCUT2D eigenvalue weighted by atomic mass is 35.5. The summed E-state index contributed by atoms with van der Waals surface area (Å²) in [5.41, 5.74) is 4.38. The fourth-order valence-electron chi connectivity index (χ4n) is 4.04. The fourth-order valence-corrected chi connectivity index (χ4v) is 4.04. The number of rotatable bonds is 14. The summed E-state index contributed by atoms with van der Waals surface area (Å²) in [7, 11) is 0. The zero-order valence-corrected chi connectivity index (χ0v) is 21.1. The molecule has 0 radical (unpaired) electrons. The summed E-state index contributed by atoms with van der Waals surface area (Å²) in [4.78, 5) is 25.2. The van der Waals surface area contributed by atoms with Gasteiger partial charge in [0.05, 0.1) is 0 Å². The van der Waals surface area contributed by atoms with E-state index in [4.69, 9.17) is 0 Å². The third-order valence-electron chi connectivity index (χ3n) is 6.19. The number of halogens is 1. The van der Waals surface area contributed by atoms with Gasteiger partial charge in [0.25, 0.3) is 0 Å². The normalized spacial score (nSPS) is 10.2. The van der Waals surface area contributed by atoms with Crippen LogP contribution in [0.4, 0.5) is 0 Å². The first-order chi connectivity index (χ1) is 14.6. The maximum absolute atomic E-state index is 12.7. The zero-order valence-electron chi connectivity index (χ0n) is 20.3. The van der Waals surface area contributed by atoms with E-state index in [0.717, 1.165) is 17.5 Å². The topological polar surface area (TPSA) is 69.1 Å². The molecule has 2 aromatic carbocycles. The van der Waals surface area contributed by atoms with Crippen LogP contribution in [0.2, 0.25) is 0 Å². The quantitative estimate of drug-likeness (QED) is 0.175. The minimum Gasteiger partial charge on any atom is -0.344 e.